The fourth-order valence-electron chi connectivity index (χ4n) is 1.15. The lowest BCUT2D eigenvalue weighted by Crippen LogP contribution is -2.39. The molecule has 0 spiro atoms. The number of nitrogens with zero attached hydrogens (tertiary/aromatic N) is 1. The van der Waals surface area contributed by atoms with E-state index in [2.05, 4.69) is 23.9 Å². The summed E-state index contributed by atoms with van der Waals surface area (Å²) in [5.74, 6) is 0. The van der Waals surface area contributed by atoms with Crippen molar-refractivity contribution in [3.8, 4) is 0 Å². The molecule has 0 aromatic carbocycles. The Morgan fingerprint density at radius 2 is 1.88 bits per heavy atom. The van der Waals surface area contributed by atoms with Gasteiger partial charge in [0.2, 0.25) is 0 Å². The van der Waals surface area contributed by atoms with Crippen molar-refractivity contribution in [2.24, 2.45) is 0 Å². The van der Waals surface area contributed by atoms with E-state index in [0.29, 0.717) is 19.1 Å². The molecule has 0 aliphatic rings. The lowest BCUT2D eigenvalue weighted by Gasteiger charge is -2.17. The Labute approximate surface area is 99.8 Å². The normalized spacial score (nSPS) is 12.6. The van der Waals surface area contributed by atoms with Crippen LogP contribution in [0.15, 0.2) is 0 Å². The summed E-state index contributed by atoms with van der Waals surface area (Å²) in [6.45, 7) is 7.96. The molecule has 5 nitrogen and oxygen atoms in total. The van der Waals surface area contributed by atoms with E-state index in [1.807, 2.05) is 6.92 Å². The van der Waals surface area contributed by atoms with Crippen LogP contribution in [0.2, 0.25) is 0 Å². The Bertz CT molecular complexity index is 265. The van der Waals surface area contributed by atoms with Gasteiger partial charge in [-0.3, -0.25) is 0 Å². The van der Waals surface area contributed by atoms with Crippen LogP contribution in [0.1, 0.15) is 33.6 Å². The largest absolute Gasteiger partial charge is 0.314 e. The summed E-state index contributed by atoms with van der Waals surface area (Å²) in [6, 6.07) is 0.445. The SMILES string of the molecule is CCCNS(=O)(=O)N(C)CCCNC(C)C. The molecule has 16 heavy (non-hydrogen) atoms. The predicted octanol–water partition coefficient (Wildman–Crippen LogP) is 0.551. The van der Waals surface area contributed by atoms with Crippen LogP contribution < -0.4 is 10.0 Å². The van der Waals surface area contributed by atoms with E-state index >= 15 is 0 Å². The predicted molar refractivity (Wildman–Crippen MR) is 67.6 cm³/mol. The second kappa shape index (κ2) is 8.00. The minimum absolute atomic E-state index is 0.445. The van der Waals surface area contributed by atoms with Crippen LogP contribution in [-0.4, -0.2) is 45.4 Å². The van der Waals surface area contributed by atoms with Gasteiger partial charge in [-0.1, -0.05) is 20.8 Å². The van der Waals surface area contributed by atoms with Crippen LogP contribution in [0, 0.1) is 0 Å². The standard InChI is InChI=1S/C10H25N3O2S/c1-5-7-12-16(14,15)13(4)9-6-8-11-10(2)3/h10-12H,5-9H2,1-4H3. The summed E-state index contributed by atoms with van der Waals surface area (Å²) >= 11 is 0. The first-order chi connectivity index (χ1) is 7.40. The number of hydrogen-bond acceptors (Lipinski definition) is 3. The molecule has 0 fully saturated rings. The first kappa shape index (κ1) is 15.8. The van der Waals surface area contributed by atoms with Crippen LogP contribution in [0.3, 0.4) is 0 Å². The minimum Gasteiger partial charge on any atom is -0.314 e. The number of rotatable bonds is 9. The van der Waals surface area contributed by atoms with Gasteiger partial charge in [-0.2, -0.15) is 12.7 Å². The summed E-state index contributed by atoms with van der Waals surface area (Å²) in [6.07, 6.45) is 1.63. The molecule has 0 atom stereocenters. The van der Waals surface area contributed by atoms with Crippen LogP contribution in [-0.2, 0) is 10.2 Å². The highest BCUT2D eigenvalue weighted by Crippen LogP contribution is 1.95. The fourth-order valence-corrected chi connectivity index (χ4v) is 2.21. The van der Waals surface area contributed by atoms with Crippen molar-refractivity contribution in [3.05, 3.63) is 0 Å². The molecule has 0 saturated heterocycles. The van der Waals surface area contributed by atoms with Gasteiger partial charge in [-0.25, -0.2) is 4.72 Å². The molecular weight excluding hydrogens is 226 g/mol. The smallest absolute Gasteiger partial charge is 0.279 e. The second-order valence-corrected chi connectivity index (χ2v) is 6.05. The molecule has 0 aliphatic heterocycles. The zero-order valence-corrected chi connectivity index (χ0v) is 11.6. The second-order valence-electron chi connectivity index (χ2n) is 4.18. The first-order valence-corrected chi connectivity index (χ1v) is 7.28. The highest BCUT2D eigenvalue weighted by molar-refractivity contribution is 7.87. The molecule has 0 radical (unpaired) electrons. The molecule has 0 aromatic heterocycles. The van der Waals surface area contributed by atoms with Gasteiger partial charge in [-0.15, -0.1) is 0 Å². The van der Waals surface area contributed by atoms with Crippen molar-refractivity contribution in [2.45, 2.75) is 39.7 Å². The van der Waals surface area contributed by atoms with E-state index in [1.165, 1.54) is 4.31 Å². The van der Waals surface area contributed by atoms with E-state index in [0.717, 1.165) is 19.4 Å². The molecule has 0 rings (SSSR count). The maximum atomic E-state index is 11.6. The summed E-state index contributed by atoms with van der Waals surface area (Å²) in [5.41, 5.74) is 0. The van der Waals surface area contributed by atoms with E-state index in [1.54, 1.807) is 7.05 Å². The van der Waals surface area contributed by atoms with Crippen LogP contribution in [0.25, 0.3) is 0 Å². The molecular formula is C10H25N3O2S. The van der Waals surface area contributed by atoms with Crippen molar-refractivity contribution in [3.63, 3.8) is 0 Å². The Hall–Kier alpha value is -0.170. The Kier molecular flexibility index (Phi) is 7.91. The fraction of sp³-hybridized carbons (Fsp3) is 1.00. The van der Waals surface area contributed by atoms with Crippen molar-refractivity contribution >= 4 is 10.2 Å². The molecule has 0 amide bonds. The molecule has 0 aromatic rings. The van der Waals surface area contributed by atoms with Gasteiger partial charge in [0.15, 0.2) is 0 Å². The molecule has 0 unspecified atom stereocenters. The first-order valence-electron chi connectivity index (χ1n) is 5.84. The van der Waals surface area contributed by atoms with E-state index in [4.69, 9.17) is 0 Å². The lowest BCUT2D eigenvalue weighted by molar-refractivity contribution is 0.439. The quantitative estimate of drug-likeness (QED) is 0.588. The molecule has 2 N–H and O–H groups in total. The molecule has 0 bridgehead atoms. The summed E-state index contributed by atoms with van der Waals surface area (Å²) in [7, 11) is -1.66. The van der Waals surface area contributed by atoms with E-state index in [-0.39, 0.29) is 0 Å². The van der Waals surface area contributed by atoms with Crippen LogP contribution in [0.5, 0.6) is 0 Å². The van der Waals surface area contributed by atoms with Gasteiger partial charge in [0.05, 0.1) is 0 Å². The van der Waals surface area contributed by atoms with Gasteiger partial charge in [-0.05, 0) is 19.4 Å². The Morgan fingerprint density at radius 3 is 2.38 bits per heavy atom. The van der Waals surface area contributed by atoms with Crippen molar-refractivity contribution in [1.29, 1.82) is 0 Å². The van der Waals surface area contributed by atoms with Crippen LogP contribution >= 0.6 is 0 Å². The van der Waals surface area contributed by atoms with Gasteiger partial charge in [0.25, 0.3) is 10.2 Å². The van der Waals surface area contributed by atoms with Gasteiger partial charge >= 0.3 is 0 Å². The topological polar surface area (TPSA) is 61.4 Å². The minimum atomic E-state index is -3.27. The maximum absolute atomic E-state index is 11.6. The van der Waals surface area contributed by atoms with Gasteiger partial charge in [0, 0.05) is 26.2 Å². The third kappa shape index (κ3) is 7.16. The highest BCUT2D eigenvalue weighted by atomic mass is 32.2. The molecule has 6 heteroatoms. The Balaban J connectivity index is 3.82. The summed E-state index contributed by atoms with van der Waals surface area (Å²) < 4.78 is 27.1. The summed E-state index contributed by atoms with van der Waals surface area (Å²) in [5, 5.41) is 3.25. The van der Waals surface area contributed by atoms with Gasteiger partial charge in [0.1, 0.15) is 0 Å². The van der Waals surface area contributed by atoms with Crippen molar-refractivity contribution in [1.82, 2.24) is 14.3 Å². The average molecular weight is 251 g/mol. The monoisotopic (exact) mass is 251 g/mol. The zero-order valence-electron chi connectivity index (χ0n) is 10.8. The summed E-state index contributed by atoms with van der Waals surface area (Å²) in [4.78, 5) is 0. The molecule has 0 saturated carbocycles. The zero-order chi connectivity index (χ0) is 12.6. The van der Waals surface area contributed by atoms with E-state index in [9.17, 15) is 8.42 Å². The number of nitrogens with one attached hydrogen (secondary N) is 2. The lowest BCUT2D eigenvalue weighted by atomic mass is 10.3. The van der Waals surface area contributed by atoms with Crippen molar-refractivity contribution < 1.29 is 8.42 Å². The molecule has 0 aliphatic carbocycles. The van der Waals surface area contributed by atoms with Crippen molar-refractivity contribution in [2.75, 3.05) is 26.7 Å². The average Bonchev–Trinajstić information content (AvgIpc) is 2.20. The third-order valence-corrected chi connectivity index (χ3v) is 3.72. The molecule has 0 heterocycles. The highest BCUT2D eigenvalue weighted by Gasteiger charge is 2.15. The molecule has 98 valence electrons. The number of hydrogen-bond donors (Lipinski definition) is 2. The van der Waals surface area contributed by atoms with E-state index < -0.39 is 10.2 Å². The maximum Gasteiger partial charge on any atom is 0.279 e. The third-order valence-electron chi connectivity index (χ3n) is 2.15. The van der Waals surface area contributed by atoms with Crippen LogP contribution in [0.4, 0.5) is 0 Å². The van der Waals surface area contributed by atoms with Gasteiger partial charge < -0.3 is 5.32 Å². The Morgan fingerprint density at radius 1 is 1.25 bits per heavy atom.